The average molecular weight is 374 g/mol. The van der Waals surface area contributed by atoms with Gasteiger partial charge in [-0.1, -0.05) is 17.3 Å². The zero-order valence-corrected chi connectivity index (χ0v) is 15.4. The van der Waals surface area contributed by atoms with E-state index in [1.807, 2.05) is 25.2 Å². The molecule has 3 rings (SSSR count). The van der Waals surface area contributed by atoms with Gasteiger partial charge in [-0.05, 0) is 50.9 Å². The van der Waals surface area contributed by atoms with Crippen molar-refractivity contribution in [3.8, 4) is 0 Å². The van der Waals surface area contributed by atoms with Crippen LogP contribution in [0.5, 0.6) is 0 Å². The summed E-state index contributed by atoms with van der Waals surface area (Å²) in [4.78, 5) is 0. The molecule has 1 saturated heterocycles. The van der Waals surface area contributed by atoms with E-state index in [-0.39, 0.29) is 18.2 Å². The normalized spacial score (nSPS) is 17.0. The van der Waals surface area contributed by atoms with Crippen LogP contribution in [-0.4, -0.2) is 44.6 Å². The van der Waals surface area contributed by atoms with Gasteiger partial charge in [-0.3, -0.25) is 0 Å². The lowest BCUT2D eigenvalue weighted by atomic mass is 9.95. The molecule has 0 aliphatic carbocycles. The maximum Gasteiger partial charge on any atom is 0.220 e. The molecule has 0 amide bonds. The minimum Gasteiger partial charge on any atom is -0.356 e. The average Bonchev–Trinajstić information content (AvgIpc) is 2.96. The monoisotopic (exact) mass is 373 g/mol. The summed E-state index contributed by atoms with van der Waals surface area (Å²) in [5.41, 5.74) is 1.13. The van der Waals surface area contributed by atoms with E-state index in [4.69, 9.17) is 4.52 Å². The van der Waals surface area contributed by atoms with E-state index in [1.165, 1.54) is 0 Å². The summed E-state index contributed by atoms with van der Waals surface area (Å²) in [5.74, 6) is 0.521. The van der Waals surface area contributed by atoms with Crippen LogP contribution in [0.15, 0.2) is 28.8 Å². The van der Waals surface area contributed by atoms with Crippen LogP contribution in [0.3, 0.4) is 0 Å². The molecule has 2 heterocycles. The Morgan fingerprint density at radius 1 is 1.29 bits per heavy atom. The van der Waals surface area contributed by atoms with Gasteiger partial charge in [-0.25, -0.2) is 12.7 Å². The molecule has 8 heteroatoms. The van der Waals surface area contributed by atoms with Gasteiger partial charge in [0.15, 0.2) is 5.58 Å². The number of benzene rings is 1. The van der Waals surface area contributed by atoms with Gasteiger partial charge in [0.2, 0.25) is 10.0 Å². The summed E-state index contributed by atoms with van der Waals surface area (Å²) in [5, 5.41) is 7.87. The van der Waals surface area contributed by atoms with Gasteiger partial charge >= 0.3 is 0 Å². The van der Waals surface area contributed by atoms with Crippen LogP contribution in [-0.2, 0) is 15.8 Å². The molecule has 24 heavy (non-hydrogen) atoms. The summed E-state index contributed by atoms with van der Waals surface area (Å²) < 4.78 is 32.1. The molecule has 1 aliphatic rings. The molecule has 1 aliphatic heterocycles. The van der Waals surface area contributed by atoms with Crippen LogP contribution in [0.25, 0.3) is 11.0 Å². The van der Waals surface area contributed by atoms with Gasteiger partial charge in [-0.2, -0.15) is 0 Å². The molecule has 0 saturated carbocycles. The fourth-order valence-corrected chi connectivity index (χ4v) is 4.63. The van der Waals surface area contributed by atoms with Crippen molar-refractivity contribution in [2.75, 3.05) is 26.7 Å². The molecule has 2 aromatic rings. The Morgan fingerprint density at radius 2 is 2.00 bits per heavy atom. The van der Waals surface area contributed by atoms with Gasteiger partial charge in [0, 0.05) is 18.5 Å². The molecule has 1 aromatic carbocycles. The summed E-state index contributed by atoms with van der Waals surface area (Å²) in [6.07, 6.45) is 2.97. The molecule has 134 valence electrons. The van der Waals surface area contributed by atoms with E-state index >= 15 is 0 Å². The molecule has 1 N–H and O–H groups in total. The third-order valence-electron chi connectivity index (χ3n) is 4.54. The molecule has 0 unspecified atom stereocenters. The quantitative estimate of drug-likeness (QED) is 0.841. The zero-order chi connectivity index (χ0) is 16.3. The van der Waals surface area contributed by atoms with Gasteiger partial charge in [0.05, 0.1) is 0 Å². The first-order chi connectivity index (χ1) is 11.1. The Balaban J connectivity index is 0.00000208. The van der Waals surface area contributed by atoms with Crippen LogP contribution in [0, 0.1) is 5.92 Å². The highest BCUT2D eigenvalue weighted by Crippen LogP contribution is 2.25. The molecule has 0 atom stereocenters. The zero-order valence-electron chi connectivity index (χ0n) is 13.8. The first kappa shape index (κ1) is 19.2. The van der Waals surface area contributed by atoms with Crippen molar-refractivity contribution in [3.05, 3.63) is 30.0 Å². The van der Waals surface area contributed by atoms with Crippen LogP contribution in [0.1, 0.15) is 25.0 Å². The molecule has 1 fully saturated rings. The second-order valence-corrected chi connectivity index (χ2v) is 8.09. The molecule has 6 nitrogen and oxygen atoms in total. The molecule has 1 aromatic heterocycles. The lowest BCUT2D eigenvalue weighted by Gasteiger charge is -2.31. The summed E-state index contributed by atoms with van der Waals surface area (Å²) in [6.45, 7) is 2.20. The second-order valence-electron chi connectivity index (χ2n) is 6.12. The second kappa shape index (κ2) is 8.29. The maximum absolute atomic E-state index is 12.6. The molecular formula is C16H24ClN3O3S. The highest BCUT2D eigenvalue weighted by molar-refractivity contribution is 7.88. The van der Waals surface area contributed by atoms with E-state index in [2.05, 4.69) is 10.5 Å². The number of piperidine rings is 1. The van der Waals surface area contributed by atoms with Crippen molar-refractivity contribution in [2.45, 2.75) is 25.0 Å². The van der Waals surface area contributed by atoms with Crippen molar-refractivity contribution < 1.29 is 12.9 Å². The number of aromatic nitrogens is 1. The Bertz CT molecular complexity index is 755. The number of sulfonamides is 1. The van der Waals surface area contributed by atoms with Gasteiger partial charge in [0.25, 0.3) is 0 Å². The minimum atomic E-state index is -3.35. The SMILES string of the molecule is CNCCC1CCN(S(=O)(=O)Cc2noc3ccccc23)CC1.Cl. The predicted molar refractivity (Wildman–Crippen MR) is 96.7 cm³/mol. The van der Waals surface area contributed by atoms with Crippen LogP contribution >= 0.6 is 12.4 Å². The number of fused-ring (bicyclic) bond motifs is 1. The van der Waals surface area contributed by atoms with E-state index in [0.29, 0.717) is 30.3 Å². The highest BCUT2D eigenvalue weighted by Gasteiger charge is 2.29. The summed E-state index contributed by atoms with van der Waals surface area (Å²) in [6, 6.07) is 7.36. The van der Waals surface area contributed by atoms with Crippen LogP contribution < -0.4 is 5.32 Å². The number of rotatable bonds is 6. The molecule has 0 bridgehead atoms. The Morgan fingerprint density at radius 3 is 2.71 bits per heavy atom. The fourth-order valence-electron chi connectivity index (χ4n) is 3.13. The van der Waals surface area contributed by atoms with E-state index < -0.39 is 10.0 Å². The molecular weight excluding hydrogens is 350 g/mol. The van der Waals surface area contributed by atoms with Gasteiger partial charge in [0.1, 0.15) is 11.4 Å². The van der Waals surface area contributed by atoms with Gasteiger partial charge in [-0.15, -0.1) is 12.4 Å². The first-order valence-corrected chi connectivity index (χ1v) is 9.67. The number of hydrogen-bond donors (Lipinski definition) is 1. The Kier molecular flexibility index (Phi) is 6.62. The maximum atomic E-state index is 12.6. The first-order valence-electron chi connectivity index (χ1n) is 8.06. The number of para-hydroxylation sites is 1. The largest absolute Gasteiger partial charge is 0.356 e. The third-order valence-corrected chi connectivity index (χ3v) is 6.33. The van der Waals surface area contributed by atoms with Gasteiger partial charge < -0.3 is 9.84 Å². The third kappa shape index (κ3) is 4.27. The smallest absolute Gasteiger partial charge is 0.220 e. The van der Waals surface area contributed by atoms with E-state index in [9.17, 15) is 8.42 Å². The van der Waals surface area contributed by atoms with Crippen molar-refractivity contribution in [1.82, 2.24) is 14.8 Å². The van der Waals surface area contributed by atoms with Crippen molar-refractivity contribution in [3.63, 3.8) is 0 Å². The van der Waals surface area contributed by atoms with E-state index in [0.717, 1.165) is 31.2 Å². The standard InChI is InChI=1S/C16H23N3O3S.ClH/c1-17-9-6-13-7-10-19(11-8-13)23(20,21)12-15-14-4-2-3-5-16(14)22-18-15;/h2-5,13,17H,6-12H2,1H3;1H. The van der Waals surface area contributed by atoms with Crippen LogP contribution in [0.2, 0.25) is 0 Å². The number of halogens is 1. The predicted octanol–water partition coefficient (Wildman–Crippen LogP) is 2.40. The number of nitrogens with one attached hydrogen (secondary N) is 1. The van der Waals surface area contributed by atoms with Crippen molar-refractivity contribution >= 4 is 33.4 Å². The summed E-state index contributed by atoms with van der Waals surface area (Å²) >= 11 is 0. The highest BCUT2D eigenvalue weighted by atomic mass is 35.5. The van der Waals surface area contributed by atoms with E-state index in [1.54, 1.807) is 10.4 Å². The molecule has 0 spiro atoms. The fraction of sp³-hybridized carbons (Fsp3) is 0.562. The topological polar surface area (TPSA) is 75.4 Å². The Labute approximate surface area is 149 Å². The number of nitrogens with zero attached hydrogens (tertiary/aromatic N) is 2. The van der Waals surface area contributed by atoms with Crippen molar-refractivity contribution in [1.29, 1.82) is 0 Å². The summed E-state index contributed by atoms with van der Waals surface area (Å²) in [7, 11) is -1.40. The van der Waals surface area contributed by atoms with Crippen molar-refractivity contribution in [2.24, 2.45) is 5.92 Å². The van der Waals surface area contributed by atoms with Crippen LogP contribution in [0.4, 0.5) is 0 Å². The lowest BCUT2D eigenvalue weighted by Crippen LogP contribution is -2.39. The lowest BCUT2D eigenvalue weighted by molar-refractivity contribution is 0.262. The Hall–Kier alpha value is -1.15. The minimum absolute atomic E-state index is 0. The number of hydrogen-bond acceptors (Lipinski definition) is 5. The molecule has 0 radical (unpaired) electrons.